The lowest BCUT2D eigenvalue weighted by Crippen LogP contribution is -2.54. The van der Waals surface area contributed by atoms with Gasteiger partial charge >= 0.3 is 5.97 Å². The molecule has 6 heteroatoms. The Bertz CT molecular complexity index is 625. The number of ether oxygens (including phenoxy) is 1. The third-order valence-electron chi connectivity index (χ3n) is 3.10. The van der Waals surface area contributed by atoms with Gasteiger partial charge in [0.1, 0.15) is 5.66 Å². The summed E-state index contributed by atoms with van der Waals surface area (Å²) < 4.78 is 9.98. The summed E-state index contributed by atoms with van der Waals surface area (Å²) in [6.45, 7) is 1.95. The maximum absolute atomic E-state index is 12.2. The van der Waals surface area contributed by atoms with E-state index in [1.165, 1.54) is 12.3 Å². The van der Waals surface area contributed by atoms with Crippen LogP contribution >= 0.6 is 0 Å². The summed E-state index contributed by atoms with van der Waals surface area (Å²) in [4.78, 5) is 24.0. The minimum Gasteiger partial charge on any atom is -0.466 e. The highest BCUT2D eigenvalue weighted by Crippen LogP contribution is 2.21. The average Bonchev–Trinajstić information content (AvgIpc) is 3.02. The lowest BCUT2D eigenvalue weighted by Gasteiger charge is -2.30. The van der Waals surface area contributed by atoms with E-state index in [-0.39, 0.29) is 18.8 Å². The van der Waals surface area contributed by atoms with Gasteiger partial charge in [-0.15, -0.1) is 0 Å². The van der Waals surface area contributed by atoms with Gasteiger partial charge in [-0.2, -0.15) is 0 Å². The number of esters is 1. The standard InChI is InChI=1S/C16H18N2O4/c1-2-21-14(19)11-16(17,12-7-4-3-5-8-12)18-15(20)13-9-6-10-22-13/h3-10H,2,11,17H2,1H3,(H,18,20). The molecule has 3 N–H and O–H groups in total. The van der Waals surface area contributed by atoms with Crippen molar-refractivity contribution < 1.29 is 18.7 Å². The molecule has 1 amide bonds. The van der Waals surface area contributed by atoms with Crippen LogP contribution < -0.4 is 11.1 Å². The molecule has 22 heavy (non-hydrogen) atoms. The predicted molar refractivity (Wildman–Crippen MR) is 79.7 cm³/mol. The van der Waals surface area contributed by atoms with Crippen LogP contribution in [0.3, 0.4) is 0 Å². The molecule has 0 saturated carbocycles. The van der Waals surface area contributed by atoms with E-state index in [4.69, 9.17) is 14.9 Å². The van der Waals surface area contributed by atoms with Crippen molar-refractivity contribution in [3.63, 3.8) is 0 Å². The zero-order valence-corrected chi connectivity index (χ0v) is 12.2. The number of benzene rings is 1. The molecule has 1 atom stereocenters. The highest BCUT2D eigenvalue weighted by molar-refractivity contribution is 5.92. The topological polar surface area (TPSA) is 94.6 Å². The first-order valence-electron chi connectivity index (χ1n) is 6.91. The van der Waals surface area contributed by atoms with Crippen LogP contribution in [-0.4, -0.2) is 18.5 Å². The molecule has 1 aromatic carbocycles. The highest BCUT2D eigenvalue weighted by atomic mass is 16.5. The summed E-state index contributed by atoms with van der Waals surface area (Å²) in [5.74, 6) is -0.871. The van der Waals surface area contributed by atoms with Crippen LogP contribution in [0.1, 0.15) is 29.5 Å². The Kier molecular flexibility index (Phi) is 4.95. The van der Waals surface area contributed by atoms with Crippen LogP contribution in [-0.2, 0) is 15.2 Å². The minimum absolute atomic E-state index is 0.120. The molecule has 2 aromatic rings. The molecule has 0 radical (unpaired) electrons. The van der Waals surface area contributed by atoms with Crippen LogP contribution in [0.15, 0.2) is 53.1 Å². The molecule has 1 heterocycles. The monoisotopic (exact) mass is 302 g/mol. The molecular formula is C16H18N2O4. The number of furan rings is 1. The Labute approximate surface area is 128 Å². The Balaban J connectivity index is 2.25. The van der Waals surface area contributed by atoms with E-state index in [2.05, 4.69) is 5.32 Å². The van der Waals surface area contributed by atoms with Crippen molar-refractivity contribution in [1.29, 1.82) is 0 Å². The van der Waals surface area contributed by atoms with Gasteiger partial charge < -0.3 is 20.2 Å². The Morgan fingerprint density at radius 1 is 1.23 bits per heavy atom. The van der Waals surface area contributed by atoms with Crippen molar-refractivity contribution in [2.75, 3.05) is 6.61 Å². The van der Waals surface area contributed by atoms with Crippen LogP contribution in [0.5, 0.6) is 0 Å². The molecule has 0 aliphatic heterocycles. The van der Waals surface area contributed by atoms with Gasteiger partial charge in [0.15, 0.2) is 5.76 Å². The first-order chi connectivity index (χ1) is 10.5. The normalized spacial score (nSPS) is 13.2. The van der Waals surface area contributed by atoms with Gasteiger partial charge in [-0.1, -0.05) is 30.3 Å². The van der Waals surface area contributed by atoms with Crippen LogP contribution in [0.4, 0.5) is 0 Å². The van der Waals surface area contributed by atoms with Crippen LogP contribution in [0.2, 0.25) is 0 Å². The summed E-state index contributed by atoms with van der Waals surface area (Å²) in [6.07, 6.45) is 1.21. The number of hydrogen-bond acceptors (Lipinski definition) is 5. The van der Waals surface area contributed by atoms with Gasteiger partial charge in [-0.3, -0.25) is 9.59 Å². The highest BCUT2D eigenvalue weighted by Gasteiger charge is 2.33. The lowest BCUT2D eigenvalue weighted by molar-refractivity contribution is -0.144. The smallest absolute Gasteiger partial charge is 0.309 e. The van der Waals surface area contributed by atoms with Crippen molar-refractivity contribution in [3.05, 3.63) is 60.1 Å². The molecule has 0 aliphatic carbocycles. The number of carbonyl (C=O) groups excluding carboxylic acids is 2. The first kappa shape index (κ1) is 15.8. The van der Waals surface area contributed by atoms with E-state index in [0.29, 0.717) is 5.56 Å². The van der Waals surface area contributed by atoms with E-state index in [1.807, 2.05) is 6.07 Å². The van der Waals surface area contributed by atoms with Gasteiger partial charge in [0.05, 0.1) is 19.3 Å². The Hall–Kier alpha value is -2.60. The molecule has 6 nitrogen and oxygen atoms in total. The Morgan fingerprint density at radius 2 is 1.95 bits per heavy atom. The fourth-order valence-corrected chi connectivity index (χ4v) is 2.07. The molecule has 0 aliphatic rings. The second kappa shape index (κ2) is 6.91. The van der Waals surface area contributed by atoms with Crippen LogP contribution in [0.25, 0.3) is 0 Å². The predicted octanol–water partition coefficient (Wildman–Crippen LogP) is 1.77. The van der Waals surface area contributed by atoms with Gasteiger partial charge in [-0.25, -0.2) is 0 Å². The number of nitrogens with two attached hydrogens (primary N) is 1. The summed E-state index contributed by atoms with van der Waals surface area (Å²) in [7, 11) is 0. The van der Waals surface area contributed by atoms with Crippen LogP contribution in [0, 0.1) is 0 Å². The number of carbonyl (C=O) groups is 2. The van der Waals surface area contributed by atoms with E-state index in [1.54, 1.807) is 37.3 Å². The van der Waals surface area contributed by atoms with Gasteiger partial charge in [-0.05, 0) is 24.6 Å². The van der Waals surface area contributed by atoms with Crippen molar-refractivity contribution in [2.24, 2.45) is 5.73 Å². The van der Waals surface area contributed by atoms with Gasteiger partial charge in [0, 0.05) is 0 Å². The second-order valence-electron chi connectivity index (χ2n) is 4.75. The number of hydrogen-bond donors (Lipinski definition) is 2. The molecule has 1 unspecified atom stereocenters. The second-order valence-corrected chi connectivity index (χ2v) is 4.75. The first-order valence-corrected chi connectivity index (χ1v) is 6.91. The molecule has 0 saturated heterocycles. The van der Waals surface area contributed by atoms with Crippen molar-refractivity contribution >= 4 is 11.9 Å². The molecule has 0 bridgehead atoms. The molecule has 0 fully saturated rings. The maximum Gasteiger partial charge on any atom is 0.309 e. The van der Waals surface area contributed by atoms with E-state index >= 15 is 0 Å². The van der Waals surface area contributed by atoms with Gasteiger partial charge in [0.25, 0.3) is 5.91 Å². The number of nitrogens with one attached hydrogen (secondary N) is 1. The maximum atomic E-state index is 12.2. The molecule has 0 spiro atoms. The summed E-state index contributed by atoms with van der Waals surface area (Å²) in [5.41, 5.74) is 5.51. The number of rotatable bonds is 6. The molecular weight excluding hydrogens is 284 g/mol. The minimum atomic E-state index is -1.38. The fourth-order valence-electron chi connectivity index (χ4n) is 2.07. The van der Waals surface area contributed by atoms with E-state index in [0.717, 1.165) is 0 Å². The number of amides is 1. The summed E-state index contributed by atoms with van der Waals surface area (Å²) in [5, 5.41) is 2.65. The average molecular weight is 302 g/mol. The zero-order chi connectivity index (χ0) is 16.0. The lowest BCUT2D eigenvalue weighted by atomic mass is 9.96. The van der Waals surface area contributed by atoms with E-state index in [9.17, 15) is 9.59 Å². The summed E-state index contributed by atoms with van der Waals surface area (Å²) >= 11 is 0. The van der Waals surface area contributed by atoms with Crippen molar-refractivity contribution in [1.82, 2.24) is 5.32 Å². The fraction of sp³-hybridized carbons (Fsp3) is 0.250. The third kappa shape index (κ3) is 3.73. The quantitative estimate of drug-likeness (QED) is 0.626. The zero-order valence-electron chi connectivity index (χ0n) is 12.2. The Morgan fingerprint density at radius 3 is 2.55 bits per heavy atom. The van der Waals surface area contributed by atoms with Crippen molar-refractivity contribution in [3.8, 4) is 0 Å². The van der Waals surface area contributed by atoms with E-state index < -0.39 is 17.5 Å². The van der Waals surface area contributed by atoms with Gasteiger partial charge in [0.2, 0.25) is 0 Å². The molecule has 116 valence electrons. The summed E-state index contributed by atoms with van der Waals surface area (Å²) in [6, 6.07) is 12.0. The molecule has 2 rings (SSSR count). The largest absolute Gasteiger partial charge is 0.466 e. The molecule has 1 aromatic heterocycles. The third-order valence-corrected chi connectivity index (χ3v) is 3.10. The van der Waals surface area contributed by atoms with Crippen molar-refractivity contribution in [2.45, 2.75) is 19.0 Å². The SMILES string of the molecule is CCOC(=O)CC(N)(NC(=O)c1ccco1)c1ccccc1.